The summed E-state index contributed by atoms with van der Waals surface area (Å²) in [6.45, 7) is 3.65. The van der Waals surface area contributed by atoms with Crippen molar-refractivity contribution >= 4 is 33.2 Å². The average Bonchev–Trinajstić information content (AvgIpc) is 2.84. The van der Waals surface area contributed by atoms with Crippen molar-refractivity contribution in [1.29, 1.82) is 0 Å². The summed E-state index contributed by atoms with van der Waals surface area (Å²) in [5, 5.41) is 8.31. The van der Waals surface area contributed by atoms with Gasteiger partial charge >= 0.3 is 0 Å². The van der Waals surface area contributed by atoms with Crippen LogP contribution in [0.4, 0.5) is 0 Å². The Balaban J connectivity index is 1.83. The van der Waals surface area contributed by atoms with Crippen molar-refractivity contribution in [3.05, 3.63) is 20.8 Å². The van der Waals surface area contributed by atoms with Gasteiger partial charge < -0.3 is 10.6 Å². The lowest BCUT2D eigenvalue weighted by atomic mass is 10.0. The van der Waals surface area contributed by atoms with E-state index in [1.165, 1.54) is 4.88 Å². The number of hydrogen-bond acceptors (Lipinski definition) is 3. The molecule has 2 N–H and O–H groups in total. The lowest BCUT2D eigenvalue weighted by molar-refractivity contribution is -0.125. The van der Waals surface area contributed by atoms with E-state index in [2.05, 4.69) is 33.5 Å². The molecular weight excluding hydrogens is 288 g/mol. The predicted molar refractivity (Wildman–Crippen MR) is 69.4 cm³/mol. The van der Waals surface area contributed by atoms with Crippen molar-refractivity contribution in [3.63, 3.8) is 0 Å². The first-order valence-electron chi connectivity index (χ1n) is 5.41. The van der Waals surface area contributed by atoms with Crippen LogP contribution in [0.15, 0.2) is 15.9 Å². The Labute approximate surface area is 108 Å². The van der Waals surface area contributed by atoms with E-state index >= 15 is 0 Å². The summed E-state index contributed by atoms with van der Waals surface area (Å²) in [7, 11) is 0. The fourth-order valence-corrected chi connectivity index (χ4v) is 3.36. The van der Waals surface area contributed by atoms with E-state index in [-0.39, 0.29) is 11.8 Å². The highest BCUT2D eigenvalue weighted by molar-refractivity contribution is 9.10. The minimum absolute atomic E-state index is 0.128. The molecule has 16 heavy (non-hydrogen) atoms. The van der Waals surface area contributed by atoms with Crippen molar-refractivity contribution < 1.29 is 4.79 Å². The van der Waals surface area contributed by atoms with Crippen molar-refractivity contribution in [2.45, 2.75) is 25.9 Å². The SMILES string of the molecule is CC1NCCC1C(=O)NCc1cc(Br)cs1. The molecule has 1 amide bonds. The number of hydrogen-bond donors (Lipinski definition) is 2. The summed E-state index contributed by atoms with van der Waals surface area (Å²) in [5.41, 5.74) is 0. The quantitative estimate of drug-likeness (QED) is 0.898. The van der Waals surface area contributed by atoms with E-state index < -0.39 is 0 Å². The molecule has 1 fully saturated rings. The van der Waals surface area contributed by atoms with E-state index in [9.17, 15) is 4.79 Å². The lowest BCUT2D eigenvalue weighted by Gasteiger charge is -2.14. The topological polar surface area (TPSA) is 41.1 Å². The maximum absolute atomic E-state index is 11.9. The van der Waals surface area contributed by atoms with Crippen LogP contribution in [0.1, 0.15) is 18.2 Å². The normalized spacial score (nSPS) is 24.6. The highest BCUT2D eigenvalue weighted by Crippen LogP contribution is 2.20. The third-order valence-electron chi connectivity index (χ3n) is 2.92. The highest BCUT2D eigenvalue weighted by atomic mass is 79.9. The molecule has 5 heteroatoms. The number of halogens is 1. The van der Waals surface area contributed by atoms with Gasteiger partial charge in [-0.2, -0.15) is 0 Å². The van der Waals surface area contributed by atoms with Crippen LogP contribution in [-0.2, 0) is 11.3 Å². The third-order valence-corrected chi connectivity index (χ3v) is 4.62. The molecule has 1 aliphatic heterocycles. The van der Waals surface area contributed by atoms with Gasteiger partial charge in [0.15, 0.2) is 0 Å². The van der Waals surface area contributed by atoms with E-state index in [1.54, 1.807) is 11.3 Å². The molecule has 2 atom stereocenters. The van der Waals surface area contributed by atoms with Gasteiger partial charge in [0.05, 0.1) is 12.5 Å². The van der Waals surface area contributed by atoms with Gasteiger partial charge in [-0.1, -0.05) is 0 Å². The average molecular weight is 303 g/mol. The zero-order valence-electron chi connectivity index (χ0n) is 9.13. The molecule has 1 saturated heterocycles. The van der Waals surface area contributed by atoms with E-state index in [0.717, 1.165) is 17.4 Å². The third kappa shape index (κ3) is 2.84. The number of carbonyl (C=O) groups is 1. The standard InChI is InChI=1S/C11H15BrN2OS/c1-7-10(2-3-13-7)11(15)14-5-9-4-8(12)6-16-9/h4,6-7,10,13H,2-3,5H2,1H3,(H,14,15). The van der Waals surface area contributed by atoms with E-state index in [0.29, 0.717) is 12.6 Å². The minimum Gasteiger partial charge on any atom is -0.351 e. The minimum atomic E-state index is 0.128. The van der Waals surface area contributed by atoms with Crippen LogP contribution >= 0.6 is 27.3 Å². The summed E-state index contributed by atoms with van der Waals surface area (Å²) < 4.78 is 1.08. The highest BCUT2D eigenvalue weighted by Gasteiger charge is 2.28. The maximum Gasteiger partial charge on any atom is 0.225 e. The van der Waals surface area contributed by atoms with E-state index in [4.69, 9.17) is 0 Å². The number of carbonyl (C=O) groups excluding carboxylic acids is 1. The lowest BCUT2D eigenvalue weighted by Crippen LogP contribution is -2.36. The second-order valence-electron chi connectivity index (χ2n) is 4.09. The molecule has 0 saturated carbocycles. The summed E-state index contributed by atoms with van der Waals surface area (Å²) in [6.07, 6.45) is 0.946. The summed E-state index contributed by atoms with van der Waals surface area (Å²) in [5.74, 6) is 0.297. The first-order valence-corrected chi connectivity index (χ1v) is 7.08. The molecule has 1 aliphatic rings. The van der Waals surface area contributed by atoms with Crippen molar-refractivity contribution in [3.8, 4) is 0 Å². The smallest absolute Gasteiger partial charge is 0.225 e. The molecular formula is C11H15BrN2OS. The fourth-order valence-electron chi connectivity index (χ4n) is 1.97. The Bertz CT molecular complexity index is 380. The monoisotopic (exact) mass is 302 g/mol. The Morgan fingerprint density at radius 3 is 3.12 bits per heavy atom. The van der Waals surface area contributed by atoms with E-state index in [1.807, 2.05) is 11.4 Å². The van der Waals surface area contributed by atoms with Crippen molar-refractivity contribution in [2.24, 2.45) is 5.92 Å². The Morgan fingerprint density at radius 1 is 1.75 bits per heavy atom. The molecule has 0 aromatic carbocycles. The van der Waals surface area contributed by atoms with Gasteiger partial charge in [0.25, 0.3) is 0 Å². The molecule has 2 rings (SSSR count). The fraction of sp³-hybridized carbons (Fsp3) is 0.545. The second-order valence-corrected chi connectivity index (χ2v) is 6.00. The Morgan fingerprint density at radius 2 is 2.56 bits per heavy atom. The summed E-state index contributed by atoms with van der Waals surface area (Å²) in [4.78, 5) is 13.1. The molecule has 2 heterocycles. The summed E-state index contributed by atoms with van der Waals surface area (Å²) in [6, 6.07) is 2.34. The molecule has 1 aromatic rings. The van der Waals surface area contributed by atoms with Gasteiger partial charge in [0.1, 0.15) is 0 Å². The van der Waals surface area contributed by atoms with Crippen LogP contribution in [0, 0.1) is 5.92 Å². The largest absolute Gasteiger partial charge is 0.351 e. The molecule has 1 aromatic heterocycles. The molecule has 0 radical (unpaired) electrons. The number of thiophene rings is 1. The Hall–Kier alpha value is -0.390. The van der Waals surface area contributed by atoms with Crippen molar-refractivity contribution in [2.75, 3.05) is 6.54 Å². The van der Waals surface area contributed by atoms with Gasteiger partial charge in [-0.15, -0.1) is 11.3 Å². The Kier molecular flexibility index (Phi) is 4.00. The number of amides is 1. The van der Waals surface area contributed by atoms with Gasteiger partial charge in [-0.25, -0.2) is 0 Å². The van der Waals surface area contributed by atoms with Gasteiger partial charge in [0, 0.05) is 20.8 Å². The van der Waals surface area contributed by atoms with Crippen molar-refractivity contribution in [1.82, 2.24) is 10.6 Å². The number of rotatable bonds is 3. The maximum atomic E-state index is 11.9. The van der Waals surface area contributed by atoms with Gasteiger partial charge in [-0.05, 0) is 41.9 Å². The van der Waals surface area contributed by atoms with Crippen LogP contribution in [0.5, 0.6) is 0 Å². The van der Waals surface area contributed by atoms with Crippen LogP contribution in [0.25, 0.3) is 0 Å². The molecule has 0 spiro atoms. The molecule has 88 valence electrons. The first-order chi connectivity index (χ1) is 7.66. The zero-order valence-corrected chi connectivity index (χ0v) is 11.5. The number of nitrogens with one attached hydrogen (secondary N) is 2. The molecule has 0 bridgehead atoms. The van der Waals surface area contributed by atoms with Crippen LogP contribution in [0.2, 0.25) is 0 Å². The van der Waals surface area contributed by atoms with Crippen LogP contribution in [0.3, 0.4) is 0 Å². The zero-order chi connectivity index (χ0) is 11.5. The van der Waals surface area contributed by atoms with Crippen LogP contribution < -0.4 is 10.6 Å². The molecule has 0 aliphatic carbocycles. The van der Waals surface area contributed by atoms with Gasteiger partial charge in [-0.3, -0.25) is 4.79 Å². The second kappa shape index (κ2) is 5.29. The molecule has 2 unspecified atom stereocenters. The first kappa shape index (κ1) is 12.1. The molecule has 3 nitrogen and oxygen atoms in total. The predicted octanol–water partition coefficient (Wildman–Crippen LogP) is 2.12. The summed E-state index contributed by atoms with van der Waals surface area (Å²) >= 11 is 5.06. The van der Waals surface area contributed by atoms with Crippen LogP contribution in [-0.4, -0.2) is 18.5 Å². The van der Waals surface area contributed by atoms with Gasteiger partial charge in [0.2, 0.25) is 5.91 Å².